The van der Waals surface area contributed by atoms with Gasteiger partial charge in [0.15, 0.2) is 5.13 Å². The van der Waals surface area contributed by atoms with E-state index in [1.54, 1.807) is 23.5 Å². The van der Waals surface area contributed by atoms with Crippen molar-refractivity contribution in [3.8, 4) is 0 Å². The van der Waals surface area contributed by atoms with Crippen molar-refractivity contribution in [2.45, 2.75) is 33.4 Å². The first-order chi connectivity index (χ1) is 14.4. The minimum atomic E-state index is -0.934. The van der Waals surface area contributed by atoms with Crippen molar-refractivity contribution in [3.63, 3.8) is 0 Å². The normalized spacial score (nSPS) is 10.6. The number of carboxylic acid groups (broad SMARTS) is 1. The van der Waals surface area contributed by atoms with Crippen LogP contribution in [0, 0.1) is 13.8 Å². The van der Waals surface area contributed by atoms with E-state index in [2.05, 4.69) is 29.3 Å². The van der Waals surface area contributed by atoms with Gasteiger partial charge in [-0.05, 0) is 37.1 Å². The molecular weight excluding hydrogens is 398 g/mol. The minimum Gasteiger partial charge on any atom is -0.481 e. The summed E-state index contributed by atoms with van der Waals surface area (Å²) in [6, 6.07) is 17.7. The standard InChI is InChI=1S/C23H25N3O3S/c1-16-17(2)30-23(25-16)26(14-18-6-4-3-5-7-18)15-19-8-10-20(11-9-19)22(29)24-13-12-21(27)28/h3-11H,12-15H2,1-2H3,(H,24,29)(H,27,28). The Labute approximate surface area is 180 Å². The van der Waals surface area contributed by atoms with Crippen LogP contribution in [0.4, 0.5) is 5.13 Å². The van der Waals surface area contributed by atoms with E-state index < -0.39 is 5.97 Å². The van der Waals surface area contributed by atoms with Gasteiger partial charge in [0.25, 0.3) is 5.91 Å². The Balaban J connectivity index is 1.72. The van der Waals surface area contributed by atoms with E-state index in [9.17, 15) is 9.59 Å². The Kier molecular flexibility index (Phi) is 7.19. The molecule has 3 rings (SSSR count). The minimum absolute atomic E-state index is 0.0923. The molecule has 0 fully saturated rings. The summed E-state index contributed by atoms with van der Waals surface area (Å²) in [4.78, 5) is 30.9. The summed E-state index contributed by atoms with van der Waals surface area (Å²) in [6.07, 6.45) is -0.0923. The third-order valence-electron chi connectivity index (χ3n) is 4.72. The van der Waals surface area contributed by atoms with Crippen molar-refractivity contribution in [2.24, 2.45) is 0 Å². The van der Waals surface area contributed by atoms with Crippen LogP contribution < -0.4 is 10.2 Å². The predicted molar refractivity (Wildman–Crippen MR) is 119 cm³/mol. The second-order valence-electron chi connectivity index (χ2n) is 7.08. The maximum atomic E-state index is 12.1. The number of aromatic nitrogens is 1. The van der Waals surface area contributed by atoms with Crippen LogP contribution in [0.1, 0.15) is 38.5 Å². The van der Waals surface area contributed by atoms with Crippen molar-refractivity contribution in [3.05, 3.63) is 81.9 Å². The molecule has 0 aliphatic carbocycles. The van der Waals surface area contributed by atoms with E-state index in [0.717, 1.165) is 22.9 Å². The lowest BCUT2D eigenvalue weighted by atomic mass is 10.1. The zero-order chi connectivity index (χ0) is 21.5. The molecule has 1 aromatic heterocycles. The number of hydrogen-bond acceptors (Lipinski definition) is 5. The summed E-state index contributed by atoms with van der Waals surface area (Å²) >= 11 is 1.68. The topological polar surface area (TPSA) is 82.5 Å². The van der Waals surface area contributed by atoms with Gasteiger partial charge < -0.3 is 15.3 Å². The first kappa shape index (κ1) is 21.5. The molecule has 0 saturated heterocycles. The monoisotopic (exact) mass is 423 g/mol. The number of hydrogen-bond donors (Lipinski definition) is 2. The number of thiazole rings is 1. The Hall–Kier alpha value is -3.19. The Morgan fingerprint density at radius 1 is 1.00 bits per heavy atom. The third kappa shape index (κ3) is 5.90. The molecule has 1 heterocycles. The van der Waals surface area contributed by atoms with Crippen LogP contribution in [0.2, 0.25) is 0 Å². The molecule has 0 aliphatic heterocycles. The van der Waals surface area contributed by atoms with Gasteiger partial charge in [-0.15, -0.1) is 11.3 Å². The van der Waals surface area contributed by atoms with E-state index in [1.165, 1.54) is 10.4 Å². The summed E-state index contributed by atoms with van der Waals surface area (Å²) in [5.41, 5.74) is 3.83. The van der Waals surface area contributed by atoms with Gasteiger partial charge in [0, 0.05) is 30.1 Å². The van der Waals surface area contributed by atoms with Crippen molar-refractivity contribution in [1.29, 1.82) is 0 Å². The molecule has 0 spiro atoms. The quantitative estimate of drug-likeness (QED) is 0.540. The van der Waals surface area contributed by atoms with E-state index in [-0.39, 0.29) is 18.9 Å². The van der Waals surface area contributed by atoms with Gasteiger partial charge in [-0.3, -0.25) is 9.59 Å². The molecule has 3 aromatic rings. The van der Waals surface area contributed by atoms with Gasteiger partial charge >= 0.3 is 5.97 Å². The maximum Gasteiger partial charge on any atom is 0.305 e. The number of anilines is 1. The lowest BCUT2D eigenvalue weighted by Gasteiger charge is -2.22. The van der Waals surface area contributed by atoms with Crippen LogP contribution in [-0.2, 0) is 17.9 Å². The molecule has 2 aromatic carbocycles. The second-order valence-corrected chi connectivity index (χ2v) is 8.26. The average Bonchev–Trinajstić information content (AvgIpc) is 3.07. The lowest BCUT2D eigenvalue weighted by molar-refractivity contribution is -0.136. The van der Waals surface area contributed by atoms with Crippen LogP contribution in [0.25, 0.3) is 0 Å². The molecular formula is C23H25N3O3S. The highest BCUT2D eigenvalue weighted by atomic mass is 32.1. The molecule has 6 nitrogen and oxygen atoms in total. The number of carbonyl (C=O) groups is 2. The first-order valence-corrected chi connectivity index (χ1v) is 10.6. The number of nitrogens with zero attached hydrogens (tertiary/aromatic N) is 2. The smallest absolute Gasteiger partial charge is 0.305 e. The number of amides is 1. The molecule has 0 bridgehead atoms. The van der Waals surface area contributed by atoms with Gasteiger partial charge in [-0.25, -0.2) is 4.98 Å². The van der Waals surface area contributed by atoms with E-state index in [4.69, 9.17) is 10.1 Å². The van der Waals surface area contributed by atoms with Crippen molar-refractivity contribution >= 4 is 28.3 Å². The number of nitrogens with one attached hydrogen (secondary N) is 1. The Bertz CT molecular complexity index is 981. The van der Waals surface area contributed by atoms with Gasteiger partial charge in [0.05, 0.1) is 12.1 Å². The summed E-state index contributed by atoms with van der Waals surface area (Å²) in [6.45, 7) is 5.62. The number of aryl methyl sites for hydroxylation is 2. The molecule has 0 saturated carbocycles. The Morgan fingerprint density at radius 2 is 1.63 bits per heavy atom. The summed E-state index contributed by atoms with van der Waals surface area (Å²) in [7, 11) is 0. The summed E-state index contributed by atoms with van der Waals surface area (Å²) in [5.74, 6) is -1.20. The van der Waals surface area contributed by atoms with E-state index >= 15 is 0 Å². The fourth-order valence-corrected chi connectivity index (χ4v) is 3.86. The number of carbonyl (C=O) groups excluding carboxylic acids is 1. The predicted octanol–water partition coefficient (Wildman–Crippen LogP) is 4.17. The van der Waals surface area contributed by atoms with Crippen LogP contribution in [0.3, 0.4) is 0 Å². The van der Waals surface area contributed by atoms with Gasteiger partial charge in [-0.2, -0.15) is 0 Å². The SMILES string of the molecule is Cc1nc(N(Cc2ccccc2)Cc2ccc(C(=O)NCCC(=O)O)cc2)sc1C. The zero-order valence-electron chi connectivity index (χ0n) is 17.1. The molecule has 1 amide bonds. The molecule has 0 radical (unpaired) electrons. The Morgan fingerprint density at radius 3 is 2.20 bits per heavy atom. The molecule has 156 valence electrons. The molecule has 0 atom stereocenters. The van der Waals surface area contributed by atoms with Crippen molar-refractivity contribution in [1.82, 2.24) is 10.3 Å². The zero-order valence-corrected chi connectivity index (χ0v) is 17.9. The molecule has 2 N–H and O–H groups in total. The second kappa shape index (κ2) is 10.0. The van der Waals surface area contributed by atoms with Crippen LogP contribution in [-0.4, -0.2) is 28.5 Å². The average molecular weight is 424 g/mol. The maximum absolute atomic E-state index is 12.1. The fourth-order valence-electron chi connectivity index (χ4n) is 2.95. The molecule has 0 aliphatic rings. The highest BCUT2D eigenvalue weighted by Crippen LogP contribution is 2.28. The van der Waals surface area contributed by atoms with Crippen LogP contribution in [0.5, 0.6) is 0 Å². The van der Waals surface area contributed by atoms with Crippen LogP contribution >= 0.6 is 11.3 Å². The van der Waals surface area contributed by atoms with Crippen molar-refractivity contribution in [2.75, 3.05) is 11.4 Å². The van der Waals surface area contributed by atoms with E-state index in [1.807, 2.05) is 37.3 Å². The molecule has 7 heteroatoms. The van der Waals surface area contributed by atoms with Gasteiger partial charge in [0.2, 0.25) is 0 Å². The number of carboxylic acids is 1. The highest BCUT2D eigenvalue weighted by Gasteiger charge is 2.14. The number of aliphatic carboxylic acids is 1. The number of rotatable bonds is 9. The summed E-state index contributed by atoms with van der Waals surface area (Å²) in [5, 5.41) is 12.3. The third-order valence-corrected chi connectivity index (χ3v) is 5.85. The van der Waals surface area contributed by atoms with Crippen molar-refractivity contribution < 1.29 is 14.7 Å². The largest absolute Gasteiger partial charge is 0.481 e. The van der Waals surface area contributed by atoms with Gasteiger partial charge in [0.1, 0.15) is 0 Å². The summed E-state index contributed by atoms with van der Waals surface area (Å²) < 4.78 is 0. The van der Waals surface area contributed by atoms with Gasteiger partial charge in [-0.1, -0.05) is 42.5 Å². The van der Waals surface area contributed by atoms with Crippen LogP contribution in [0.15, 0.2) is 54.6 Å². The molecule has 0 unspecified atom stereocenters. The fraction of sp³-hybridized carbons (Fsp3) is 0.261. The number of benzene rings is 2. The molecule has 30 heavy (non-hydrogen) atoms. The highest BCUT2D eigenvalue weighted by molar-refractivity contribution is 7.15. The lowest BCUT2D eigenvalue weighted by Crippen LogP contribution is -2.26. The first-order valence-electron chi connectivity index (χ1n) is 9.74. The van der Waals surface area contributed by atoms with E-state index in [0.29, 0.717) is 12.1 Å².